The number of allylic oxidation sites excluding steroid dienone is 1. The van der Waals surface area contributed by atoms with Crippen molar-refractivity contribution in [2.24, 2.45) is 11.8 Å². The minimum atomic E-state index is -0.803. The van der Waals surface area contributed by atoms with E-state index in [9.17, 15) is 14.7 Å². The van der Waals surface area contributed by atoms with Crippen molar-refractivity contribution in [3.8, 4) is 11.8 Å². The van der Waals surface area contributed by atoms with Crippen molar-refractivity contribution in [1.29, 1.82) is 0 Å². The molecule has 3 atom stereocenters. The molecule has 0 radical (unpaired) electrons. The lowest BCUT2D eigenvalue weighted by molar-refractivity contribution is -0.137. The zero-order chi connectivity index (χ0) is 15.7. The molecule has 1 aliphatic rings. The maximum Gasteiger partial charge on any atom is 0.303 e. The molecule has 0 saturated heterocycles. The van der Waals surface area contributed by atoms with E-state index in [0.29, 0.717) is 32.1 Å². The molecule has 0 heterocycles. The summed E-state index contributed by atoms with van der Waals surface area (Å²) in [5, 5.41) is 18.1. The van der Waals surface area contributed by atoms with Gasteiger partial charge in [0.05, 0.1) is 6.10 Å². The number of Topliss-reactive ketones (excluding diaryl/α,β-unsaturated/α-hetero) is 1. The highest BCUT2D eigenvalue weighted by Crippen LogP contribution is 2.32. The van der Waals surface area contributed by atoms with Crippen molar-refractivity contribution in [3.63, 3.8) is 0 Å². The second kappa shape index (κ2) is 9.36. The first-order chi connectivity index (χ1) is 10.0. The summed E-state index contributed by atoms with van der Waals surface area (Å²) in [7, 11) is 0. The van der Waals surface area contributed by atoms with E-state index in [1.165, 1.54) is 0 Å². The molecule has 4 nitrogen and oxygen atoms in total. The third-order valence-electron chi connectivity index (χ3n) is 3.79. The normalized spacial score (nSPS) is 23.0. The van der Waals surface area contributed by atoms with Gasteiger partial charge >= 0.3 is 5.97 Å². The van der Waals surface area contributed by atoms with E-state index in [2.05, 4.69) is 11.8 Å². The van der Waals surface area contributed by atoms with Crippen LogP contribution in [0, 0.1) is 23.7 Å². The molecule has 1 aliphatic carbocycles. The highest BCUT2D eigenvalue weighted by Gasteiger charge is 2.32. The number of hydrogen-bond acceptors (Lipinski definition) is 3. The zero-order valence-corrected chi connectivity index (χ0v) is 12.5. The molecule has 1 fully saturated rings. The molecule has 0 aliphatic heterocycles. The lowest BCUT2D eigenvalue weighted by atomic mass is 9.91. The maximum absolute atomic E-state index is 11.9. The molecule has 21 heavy (non-hydrogen) atoms. The van der Waals surface area contributed by atoms with Crippen LogP contribution >= 0.6 is 0 Å². The van der Waals surface area contributed by atoms with E-state index in [-0.39, 0.29) is 24.0 Å². The van der Waals surface area contributed by atoms with E-state index < -0.39 is 12.1 Å². The van der Waals surface area contributed by atoms with Gasteiger partial charge < -0.3 is 10.2 Å². The fourth-order valence-electron chi connectivity index (χ4n) is 2.44. The lowest BCUT2D eigenvalue weighted by Crippen LogP contribution is -2.13. The Morgan fingerprint density at radius 3 is 2.90 bits per heavy atom. The van der Waals surface area contributed by atoms with E-state index in [0.717, 1.165) is 6.42 Å². The average molecular weight is 292 g/mol. The molecule has 2 N–H and O–H groups in total. The van der Waals surface area contributed by atoms with E-state index in [4.69, 9.17) is 5.11 Å². The molecular weight excluding hydrogens is 268 g/mol. The van der Waals surface area contributed by atoms with Crippen LogP contribution in [0.3, 0.4) is 0 Å². The number of ketones is 1. The number of rotatable bonds is 7. The summed E-state index contributed by atoms with van der Waals surface area (Å²) in [6.45, 7) is 1.91. The largest absolute Gasteiger partial charge is 0.481 e. The van der Waals surface area contributed by atoms with Gasteiger partial charge in [0, 0.05) is 31.6 Å². The van der Waals surface area contributed by atoms with Crippen molar-refractivity contribution < 1.29 is 19.8 Å². The van der Waals surface area contributed by atoms with Crippen LogP contribution in [0.2, 0.25) is 0 Å². The van der Waals surface area contributed by atoms with Crippen LogP contribution in [0.5, 0.6) is 0 Å². The highest BCUT2D eigenvalue weighted by molar-refractivity contribution is 5.84. The number of aliphatic hydroxyl groups is 1. The minimum Gasteiger partial charge on any atom is -0.481 e. The number of carboxylic acids is 1. The quantitative estimate of drug-likeness (QED) is 0.429. The van der Waals surface area contributed by atoms with Crippen LogP contribution in [-0.2, 0) is 9.59 Å². The number of carboxylic acid groups (broad SMARTS) is 1. The number of aliphatic carboxylic acids is 1. The van der Waals surface area contributed by atoms with Crippen molar-refractivity contribution >= 4 is 11.8 Å². The van der Waals surface area contributed by atoms with Gasteiger partial charge in [-0.1, -0.05) is 19.1 Å². The molecule has 3 unspecified atom stereocenters. The Hall–Kier alpha value is -1.60. The minimum absolute atomic E-state index is 0.0720. The summed E-state index contributed by atoms with van der Waals surface area (Å²) >= 11 is 0. The van der Waals surface area contributed by atoms with Crippen molar-refractivity contribution in [1.82, 2.24) is 0 Å². The maximum atomic E-state index is 11.9. The standard InChI is InChI=1S/C17H24O4/c1-2-14(18)11-9-13-10-12-16(19)15(13)7-5-3-4-6-8-17(20)21/h9,11,13-15,18H,2,4,6-8,10,12H2,1H3,(H,20,21)/b11-9+. The topological polar surface area (TPSA) is 74.6 Å². The van der Waals surface area contributed by atoms with Crippen molar-refractivity contribution in [2.45, 2.75) is 58.0 Å². The molecule has 0 aromatic heterocycles. The molecule has 116 valence electrons. The van der Waals surface area contributed by atoms with Gasteiger partial charge in [0.15, 0.2) is 0 Å². The summed E-state index contributed by atoms with van der Waals surface area (Å²) in [6, 6.07) is 0. The van der Waals surface area contributed by atoms with Gasteiger partial charge in [-0.25, -0.2) is 0 Å². The average Bonchev–Trinajstić information content (AvgIpc) is 2.80. The van der Waals surface area contributed by atoms with Gasteiger partial charge in [-0.2, -0.15) is 0 Å². The number of carbonyl (C=O) groups excluding carboxylic acids is 1. The first-order valence-electron chi connectivity index (χ1n) is 7.61. The Kier molecular flexibility index (Phi) is 7.78. The SMILES string of the molecule is CCC(O)/C=C/C1CCC(=O)C1CC#CCCCC(=O)O. The fraction of sp³-hybridized carbons (Fsp3) is 0.647. The first-order valence-corrected chi connectivity index (χ1v) is 7.61. The molecule has 0 amide bonds. The van der Waals surface area contributed by atoms with E-state index in [1.54, 1.807) is 6.08 Å². The van der Waals surface area contributed by atoms with Crippen LogP contribution in [0.4, 0.5) is 0 Å². The monoisotopic (exact) mass is 292 g/mol. The van der Waals surface area contributed by atoms with Crippen molar-refractivity contribution in [3.05, 3.63) is 12.2 Å². The second-order valence-electron chi connectivity index (χ2n) is 5.44. The van der Waals surface area contributed by atoms with Gasteiger partial charge in [-0.15, -0.1) is 11.8 Å². The molecule has 4 heteroatoms. The Labute approximate surface area is 126 Å². The second-order valence-corrected chi connectivity index (χ2v) is 5.44. The Balaban J connectivity index is 2.43. The summed E-state index contributed by atoms with van der Waals surface area (Å²) < 4.78 is 0. The lowest BCUT2D eigenvalue weighted by Gasteiger charge is -2.12. The summed E-state index contributed by atoms with van der Waals surface area (Å²) in [6.07, 6.45) is 7.15. The highest BCUT2D eigenvalue weighted by atomic mass is 16.4. The number of aliphatic hydroxyl groups excluding tert-OH is 1. The van der Waals surface area contributed by atoms with Crippen LogP contribution in [-0.4, -0.2) is 28.1 Å². The van der Waals surface area contributed by atoms with Gasteiger partial charge in [0.2, 0.25) is 0 Å². The Morgan fingerprint density at radius 1 is 1.48 bits per heavy atom. The molecule has 0 aromatic rings. The fourth-order valence-corrected chi connectivity index (χ4v) is 2.44. The molecule has 0 bridgehead atoms. The van der Waals surface area contributed by atoms with Crippen LogP contribution in [0.1, 0.15) is 51.9 Å². The van der Waals surface area contributed by atoms with Crippen LogP contribution in [0.25, 0.3) is 0 Å². The Morgan fingerprint density at radius 2 is 2.24 bits per heavy atom. The summed E-state index contributed by atoms with van der Waals surface area (Å²) in [4.78, 5) is 22.2. The zero-order valence-electron chi connectivity index (χ0n) is 12.5. The van der Waals surface area contributed by atoms with E-state index >= 15 is 0 Å². The van der Waals surface area contributed by atoms with Crippen LogP contribution < -0.4 is 0 Å². The Bertz CT molecular complexity index is 441. The first kappa shape index (κ1) is 17.5. The van der Waals surface area contributed by atoms with E-state index in [1.807, 2.05) is 13.0 Å². The van der Waals surface area contributed by atoms with Gasteiger partial charge in [0.25, 0.3) is 0 Å². The molecule has 1 saturated carbocycles. The molecular formula is C17H24O4. The predicted molar refractivity (Wildman–Crippen MR) is 80.5 cm³/mol. The number of carbonyl (C=O) groups is 2. The number of unbranched alkanes of at least 4 members (excludes halogenated alkanes) is 1. The third-order valence-corrected chi connectivity index (χ3v) is 3.79. The molecule has 1 rings (SSSR count). The predicted octanol–water partition coefficient (Wildman–Crippen LogP) is 2.56. The number of hydrogen-bond donors (Lipinski definition) is 2. The van der Waals surface area contributed by atoms with Gasteiger partial charge in [0.1, 0.15) is 5.78 Å². The van der Waals surface area contributed by atoms with Crippen LogP contribution in [0.15, 0.2) is 12.2 Å². The summed E-state index contributed by atoms with van der Waals surface area (Å²) in [5.41, 5.74) is 0. The van der Waals surface area contributed by atoms with Gasteiger partial charge in [-0.3, -0.25) is 9.59 Å². The summed E-state index contributed by atoms with van der Waals surface area (Å²) in [5.74, 6) is 5.49. The smallest absolute Gasteiger partial charge is 0.303 e. The molecule has 0 aromatic carbocycles. The third kappa shape index (κ3) is 6.59. The molecule has 0 spiro atoms. The van der Waals surface area contributed by atoms with Crippen molar-refractivity contribution in [2.75, 3.05) is 0 Å². The van der Waals surface area contributed by atoms with Gasteiger partial charge in [-0.05, 0) is 25.2 Å².